The van der Waals surface area contributed by atoms with Crippen molar-refractivity contribution in [2.24, 2.45) is 0 Å². The van der Waals surface area contributed by atoms with E-state index < -0.39 is 15.4 Å². The van der Waals surface area contributed by atoms with Crippen LogP contribution in [0.5, 0.6) is 0 Å². The molecule has 0 saturated heterocycles. The summed E-state index contributed by atoms with van der Waals surface area (Å²) < 4.78 is 9.58. The van der Waals surface area contributed by atoms with Gasteiger partial charge in [0, 0.05) is 0 Å². The van der Waals surface area contributed by atoms with Gasteiger partial charge in [0.05, 0.1) is 0 Å². The molecule has 0 saturated carbocycles. The van der Waals surface area contributed by atoms with Gasteiger partial charge in [0.2, 0.25) is 0 Å². The van der Waals surface area contributed by atoms with E-state index in [1.54, 1.807) is 6.08 Å². The van der Waals surface area contributed by atoms with Crippen molar-refractivity contribution in [1.29, 1.82) is 0 Å². The summed E-state index contributed by atoms with van der Waals surface area (Å²) >= 11 is -0.861. The van der Waals surface area contributed by atoms with Crippen molar-refractivity contribution in [2.75, 3.05) is 0 Å². The Bertz CT molecular complexity index is 36.2. The molecule has 0 N–H and O–H groups in total. The third-order valence-corrected chi connectivity index (χ3v) is 1.18. The molecule has 0 aliphatic rings. The van der Waals surface area contributed by atoms with Crippen molar-refractivity contribution in [1.82, 2.24) is 0 Å². The molecule has 1 radical (unpaired) electrons. The van der Waals surface area contributed by atoms with Crippen LogP contribution in [-0.4, -0.2) is 15.4 Å². The third kappa shape index (κ3) is 4.08. The molecule has 0 aromatic heterocycles. The molecule has 0 aromatic rings. The Balaban J connectivity index is 2.65. The minimum atomic E-state index is -0.861. The van der Waals surface area contributed by atoms with E-state index in [1.165, 1.54) is 0 Å². The first-order chi connectivity index (χ1) is 2.41. The van der Waals surface area contributed by atoms with Crippen molar-refractivity contribution in [2.45, 2.75) is 5.25 Å². The number of allylic oxidation sites excluding steroid dienone is 1. The van der Waals surface area contributed by atoms with Crippen LogP contribution in [0.3, 0.4) is 0 Å². The Labute approximate surface area is 37.8 Å². The molecule has 0 atom stereocenters. The zero-order valence-electron chi connectivity index (χ0n) is 2.90. The van der Waals surface area contributed by atoms with Gasteiger partial charge >= 0.3 is 37.1 Å². The first-order valence-electron chi connectivity index (χ1n) is 1.37. The van der Waals surface area contributed by atoms with E-state index in [0.717, 1.165) is 5.25 Å². The molecule has 0 bridgehead atoms. The summed E-state index contributed by atoms with van der Waals surface area (Å²) in [4.78, 5) is 0. The Kier molecular flexibility index (Phi) is 4.15. The second kappa shape index (κ2) is 4.08. The third-order valence-electron chi connectivity index (χ3n) is 0.228. The molecule has 27 valence electrons. The molecule has 0 unspecified atom stereocenters. The Morgan fingerprint density at radius 2 is 2.60 bits per heavy atom. The normalized spacial score (nSPS) is 6.40. The van der Waals surface area contributed by atoms with E-state index in [-0.39, 0.29) is 0 Å². The van der Waals surface area contributed by atoms with Gasteiger partial charge in [-0.3, -0.25) is 0 Å². The molecular formula is C3H5GeO. The monoisotopic (exact) mass is 131 g/mol. The Morgan fingerprint density at radius 1 is 2.00 bits per heavy atom. The van der Waals surface area contributed by atoms with Crippen LogP contribution < -0.4 is 0 Å². The van der Waals surface area contributed by atoms with E-state index in [4.69, 9.17) is 0 Å². The van der Waals surface area contributed by atoms with Crippen LogP contribution in [0.25, 0.3) is 0 Å². The average Bonchev–Trinajstić information content (AvgIpc) is 1.41. The summed E-state index contributed by atoms with van der Waals surface area (Å²) in [6.07, 6.45) is 1.67. The van der Waals surface area contributed by atoms with Crippen molar-refractivity contribution >= 4 is 15.4 Å². The summed E-state index contributed by atoms with van der Waals surface area (Å²) in [6, 6.07) is 0. The fourth-order valence-corrected chi connectivity index (χ4v) is 0.306. The molecule has 0 amide bonds. The zero-order chi connectivity index (χ0) is 4.12. The maximum atomic E-state index is 9.58. The molecule has 0 spiro atoms. The van der Waals surface area contributed by atoms with E-state index in [2.05, 4.69) is 6.58 Å². The predicted molar refractivity (Wildman–Crippen MR) is 21.4 cm³/mol. The standard InChI is InChI=1S/C3H5GeO/c1-2-3-4-5/h2H,1,3H2. The summed E-state index contributed by atoms with van der Waals surface area (Å²) in [5, 5.41) is 0.722. The summed E-state index contributed by atoms with van der Waals surface area (Å²) in [6.45, 7) is 3.38. The zero-order valence-corrected chi connectivity index (χ0v) is 5.00. The second-order valence-corrected chi connectivity index (χ2v) is 2.10. The number of rotatable bonds is 2. The van der Waals surface area contributed by atoms with Crippen LogP contribution in [0.4, 0.5) is 0 Å². The fourth-order valence-electron chi connectivity index (χ4n) is 0.0589. The molecule has 0 rings (SSSR count). The molecule has 5 heavy (non-hydrogen) atoms. The molecule has 0 heterocycles. The molecule has 0 aliphatic heterocycles. The predicted octanol–water partition coefficient (Wildman–Crippen LogP) is 0.640. The fraction of sp³-hybridized carbons (Fsp3) is 0.333. The average molecular weight is 130 g/mol. The van der Waals surface area contributed by atoms with Crippen molar-refractivity contribution in [3.05, 3.63) is 12.7 Å². The molecule has 1 nitrogen and oxygen atoms in total. The van der Waals surface area contributed by atoms with Gasteiger partial charge in [-0.2, -0.15) is 0 Å². The second-order valence-electron chi connectivity index (χ2n) is 0.637. The molecular weight excluding hydrogens is 125 g/mol. The van der Waals surface area contributed by atoms with Gasteiger partial charge in [-0.05, 0) is 0 Å². The maximum absolute atomic E-state index is 9.58. The van der Waals surface area contributed by atoms with Gasteiger partial charge in [-0.15, -0.1) is 0 Å². The number of hydrogen-bond acceptors (Lipinski definition) is 1. The van der Waals surface area contributed by atoms with Gasteiger partial charge in [0.15, 0.2) is 0 Å². The topological polar surface area (TPSA) is 17.1 Å². The Morgan fingerprint density at radius 3 is 2.60 bits per heavy atom. The number of hydrogen-bond donors (Lipinski definition) is 0. The molecule has 0 fully saturated rings. The van der Waals surface area contributed by atoms with Crippen LogP contribution in [0.1, 0.15) is 0 Å². The SMILES string of the molecule is C=C[CH2][Ge]=[O]. The summed E-state index contributed by atoms with van der Waals surface area (Å²) in [7, 11) is 0. The van der Waals surface area contributed by atoms with Crippen LogP contribution >= 0.6 is 0 Å². The van der Waals surface area contributed by atoms with Crippen LogP contribution in [0.2, 0.25) is 5.25 Å². The van der Waals surface area contributed by atoms with E-state index in [0.29, 0.717) is 0 Å². The minimum absolute atomic E-state index is 0.722. The first kappa shape index (κ1) is 5.08. The van der Waals surface area contributed by atoms with Gasteiger partial charge in [-0.1, -0.05) is 0 Å². The summed E-state index contributed by atoms with van der Waals surface area (Å²) in [5.41, 5.74) is 0. The van der Waals surface area contributed by atoms with Crippen molar-refractivity contribution < 1.29 is 3.78 Å². The first-order valence-corrected chi connectivity index (χ1v) is 3.71. The van der Waals surface area contributed by atoms with Crippen LogP contribution in [0, 0.1) is 0 Å². The van der Waals surface area contributed by atoms with Gasteiger partial charge in [0.1, 0.15) is 0 Å². The van der Waals surface area contributed by atoms with Crippen molar-refractivity contribution in [3.63, 3.8) is 0 Å². The van der Waals surface area contributed by atoms with Gasteiger partial charge < -0.3 is 0 Å². The quantitative estimate of drug-likeness (QED) is 0.395. The van der Waals surface area contributed by atoms with Crippen molar-refractivity contribution in [3.8, 4) is 0 Å². The molecule has 2 heteroatoms. The van der Waals surface area contributed by atoms with Crippen LogP contribution in [0.15, 0.2) is 12.7 Å². The van der Waals surface area contributed by atoms with Crippen LogP contribution in [-0.2, 0) is 3.78 Å². The molecule has 0 aromatic carbocycles. The summed E-state index contributed by atoms with van der Waals surface area (Å²) in [5.74, 6) is 0. The Hall–Kier alpha value is 0.0829. The van der Waals surface area contributed by atoms with E-state index >= 15 is 0 Å². The molecule has 0 aliphatic carbocycles. The van der Waals surface area contributed by atoms with E-state index in [9.17, 15) is 3.78 Å². The van der Waals surface area contributed by atoms with E-state index in [1.807, 2.05) is 0 Å². The van der Waals surface area contributed by atoms with Gasteiger partial charge in [0.25, 0.3) is 0 Å². The van der Waals surface area contributed by atoms with Gasteiger partial charge in [-0.25, -0.2) is 0 Å².